The smallest absolute Gasteiger partial charge is 0.227 e. The van der Waals surface area contributed by atoms with E-state index in [2.05, 4.69) is 26.2 Å². The lowest BCUT2D eigenvalue weighted by Crippen LogP contribution is -2.48. The molecule has 8 nitrogen and oxygen atoms in total. The van der Waals surface area contributed by atoms with Crippen LogP contribution in [0.25, 0.3) is 5.69 Å². The zero-order valence-electron chi connectivity index (χ0n) is 12.5. The number of methoxy groups -OCH3 is 1. The second-order valence-electron chi connectivity index (χ2n) is 5.34. The van der Waals surface area contributed by atoms with Gasteiger partial charge in [0.05, 0.1) is 7.11 Å². The average molecular weight is 302 g/mol. The molecule has 1 aliphatic heterocycles. The van der Waals surface area contributed by atoms with Gasteiger partial charge in [-0.2, -0.15) is 4.68 Å². The Balaban J connectivity index is 1.79. The fourth-order valence-corrected chi connectivity index (χ4v) is 2.35. The standard InChI is InChI=1S/C14H18N6O2/c1-9(10-6-15-7-10)14(21)17-11-3-4-13(22-2)12(5-11)20-8-16-18-19-20/h3-5,8-10,15H,6-7H2,1-2H3,(H,17,21). The molecule has 2 aromatic rings. The first kappa shape index (κ1) is 14.5. The van der Waals surface area contributed by atoms with E-state index in [1.165, 1.54) is 11.0 Å². The van der Waals surface area contributed by atoms with Gasteiger partial charge in [-0.05, 0) is 47.6 Å². The molecule has 116 valence electrons. The van der Waals surface area contributed by atoms with Gasteiger partial charge in [0.15, 0.2) is 0 Å². The van der Waals surface area contributed by atoms with E-state index in [0.717, 1.165) is 13.1 Å². The molecule has 1 saturated heterocycles. The molecule has 3 rings (SSSR count). The third-order valence-electron chi connectivity index (χ3n) is 3.98. The number of ether oxygens (including phenoxy) is 1. The molecular weight excluding hydrogens is 284 g/mol. The van der Waals surface area contributed by atoms with Crippen molar-refractivity contribution in [2.24, 2.45) is 11.8 Å². The minimum absolute atomic E-state index is 0.0133. The lowest BCUT2D eigenvalue weighted by molar-refractivity contribution is -0.121. The molecule has 0 spiro atoms. The molecule has 0 saturated carbocycles. The van der Waals surface area contributed by atoms with Crippen LogP contribution in [0.4, 0.5) is 5.69 Å². The second-order valence-corrected chi connectivity index (χ2v) is 5.34. The first-order chi connectivity index (χ1) is 10.7. The molecule has 1 aromatic carbocycles. The van der Waals surface area contributed by atoms with Gasteiger partial charge in [-0.25, -0.2) is 0 Å². The van der Waals surface area contributed by atoms with Crippen molar-refractivity contribution in [2.45, 2.75) is 6.92 Å². The summed E-state index contributed by atoms with van der Waals surface area (Å²) in [6, 6.07) is 5.37. The van der Waals surface area contributed by atoms with Gasteiger partial charge in [-0.1, -0.05) is 6.92 Å². The molecule has 1 unspecified atom stereocenters. The number of benzene rings is 1. The number of carbonyl (C=O) groups excluding carboxylic acids is 1. The maximum absolute atomic E-state index is 12.3. The van der Waals surface area contributed by atoms with E-state index in [4.69, 9.17) is 4.74 Å². The summed E-state index contributed by atoms with van der Waals surface area (Å²) in [5.74, 6) is 1.01. The summed E-state index contributed by atoms with van der Waals surface area (Å²) in [4.78, 5) is 12.3. The quantitative estimate of drug-likeness (QED) is 0.833. The third-order valence-corrected chi connectivity index (χ3v) is 3.98. The van der Waals surface area contributed by atoms with Crippen LogP contribution in [-0.4, -0.2) is 46.3 Å². The summed E-state index contributed by atoms with van der Waals surface area (Å²) in [6.07, 6.45) is 1.48. The number of carbonyl (C=O) groups is 1. The van der Waals surface area contributed by atoms with Crippen molar-refractivity contribution in [3.63, 3.8) is 0 Å². The van der Waals surface area contributed by atoms with Gasteiger partial charge in [0.1, 0.15) is 17.8 Å². The van der Waals surface area contributed by atoms with Crippen LogP contribution >= 0.6 is 0 Å². The molecule has 1 aromatic heterocycles. The summed E-state index contributed by atoms with van der Waals surface area (Å²) in [5, 5.41) is 17.2. The van der Waals surface area contributed by atoms with Crippen LogP contribution in [0.5, 0.6) is 5.75 Å². The van der Waals surface area contributed by atoms with E-state index in [1.807, 2.05) is 6.92 Å². The number of rotatable bonds is 5. The Bertz CT molecular complexity index is 653. The van der Waals surface area contributed by atoms with Crippen molar-refractivity contribution in [3.8, 4) is 11.4 Å². The number of aromatic nitrogens is 4. The molecule has 22 heavy (non-hydrogen) atoms. The van der Waals surface area contributed by atoms with Crippen LogP contribution in [0.2, 0.25) is 0 Å². The number of amides is 1. The second kappa shape index (κ2) is 6.10. The molecule has 0 bridgehead atoms. The first-order valence-electron chi connectivity index (χ1n) is 7.12. The first-order valence-corrected chi connectivity index (χ1v) is 7.12. The van der Waals surface area contributed by atoms with Gasteiger partial charge in [-0.15, -0.1) is 5.10 Å². The molecule has 1 amide bonds. The minimum Gasteiger partial charge on any atom is -0.494 e. The van der Waals surface area contributed by atoms with Gasteiger partial charge in [0, 0.05) is 11.6 Å². The predicted octanol–water partition coefficient (Wildman–Crippen LogP) is 0.465. The van der Waals surface area contributed by atoms with E-state index in [-0.39, 0.29) is 11.8 Å². The van der Waals surface area contributed by atoms with Crippen molar-refractivity contribution in [1.82, 2.24) is 25.5 Å². The van der Waals surface area contributed by atoms with E-state index in [1.54, 1.807) is 25.3 Å². The highest BCUT2D eigenvalue weighted by molar-refractivity contribution is 5.93. The number of tetrazole rings is 1. The molecule has 1 fully saturated rings. The average Bonchev–Trinajstić information content (AvgIpc) is 2.99. The number of hydrogen-bond acceptors (Lipinski definition) is 6. The van der Waals surface area contributed by atoms with Crippen LogP contribution in [0.1, 0.15) is 6.92 Å². The number of hydrogen-bond donors (Lipinski definition) is 2. The minimum atomic E-state index is -0.0279. The molecule has 8 heteroatoms. The third kappa shape index (κ3) is 2.77. The van der Waals surface area contributed by atoms with Crippen molar-refractivity contribution in [1.29, 1.82) is 0 Å². The highest BCUT2D eigenvalue weighted by Crippen LogP contribution is 2.26. The van der Waals surface area contributed by atoms with E-state index < -0.39 is 0 Å². The Morgan fingerprint density at radius 1 is 1.50 bits per heavy atom. The van der Waals surface area contributed by atoms with E-state index >= 15 is 0 Å². The van der Waals surface area contributed by atoms with Crippen molar-refractivity contribution in [3.05, 3.63) is 24.5 Å². The van der Waals surface area contributed by atoms with Gasteiger partial charge in [0.2, 0.25) is 5.91 Å². The summed E-state index contributed by atoms with van der Waals surface area (Å²) in [7, 11) is 1.58. The highest BCUT2D eigenvalue weighted by atomic mass is 16.5. The van der Waals surface area contributed by atoms with Crippen molar-refractivity contribution >= 4 is 11.6 Å². The summed E-state index contributed by atoms with van der Waals surface area (Å²) in [5.41, 5.74) is 1.36. The molecular formula is C14H18N6O2. The van der Waals surface area contributed by atoms with Crippen molar-refractivity contribution < 1.29 is 9.53 Å². The molecule has 1 atom stereocenters. The Kier molecular flexibility index (Phi) is 4.01. The molecule has 0 aliphatic carbocycles. The summed E-state index contributed by atoms with van der Waals surface area (Å²) >= 11 is 0. The summed E-state index contributed by atoms with van der Waals surface area (Å²) in [6.45, 7) is 3.74. The van der Waals surface area contributed by atoms with Gasteiger partial charge in [0.25, 0.3) is 0 Å². The zero-order chi connectivity index (χ0) is 15.5. The lowest BCUT2D eigenvalue weighted by Gasteiger charge is -2.31. The number of anilines is 1. The fraction of sp³-hybridized carbons (Fsp3) is 0.429. The number of nitrogens with one attached hydrogen (secondary N) is 2. The monoisotopic (exact) mass is 302 g/mol. The van der Waals surface area contributed by atoms with Gasteiger partial charge in [-0.3, -0.25) is 4.79 Å². The molecule has 0 radical (unpaired) electrons. The maximum Gasteiger partial charge on any atom is 0.227 e. The predicted molar refractivity (Wildman–Crippen MR) is 79.9 cm³/mol. The molecule has 2 heterocycles. The highest BCUT2D eigenvalue weighted by Gasteiger charge is 2.28. The van der Waals surface area contributed by atoms with Crippen LogP contribution < -0.4 is 15.4 Å². The van der Waals surface area contributed by atoms with Gasteiger partial charge < -0.3 is 15.4 Å². The maximum atomic E-state index is 12.3. The Labute approximate surface area is 127 Å². The van der Waals surface area contributed by atoms with Crippen LogP contribution in [0.15, 0.2) is 24.5 Å². The van der Waals surface area contributed by atoms with Gasteiger partial charge >= 0.3 is 0 Å². The fourth-order valence-electron chi connectivity index (χ4n) is 2.35. The lowest BCUT2D eigenvalue weighted by atomic mass is 9.88. The number of nitrogens with zero attached hydrogens (tertiary/aromatic N) is 4. The Morgan fingerprint density at radius 2 is 2.32 bits per heavy atom. The molecule has 1 aliphatic rings. The van der Waals surface area contributed by atoms with Crippen LogP contribution in [-0.2, 0) is 4.79 Å². The largest absolute Gasteiger partial charge is 0.494 e. The Hall–Kier alpha value is -2.48. The van der Waals surface area contributed by atoms with Crippen molar-refractivity contribution in [2.75, 3.05) is 25.5 Å². The van der Waals surface area contributed by atoms with E-state index in [0.29, 0.717) is 23.0 Å². The normalized spacial score (nSPS) is 15.9. The SMILES string of the molecule is COc1ccc(NC(=O)C(C)C2CNC2)cc1-n1cnnn1. The summed E-state index contributed by atoms with van der Waals surface area (Å²) < 4.78 is 6.80. The van der Waals surface area contributed by atoms with Crippen LogP contribution in [0.3, 0.4) is 0 Å². The molecule has 2 N–H and O–H groups in total. The van der Waals surface area contributed by atoms with Crippen LogP contribution in [0, 0.1) is 11.8 Å². The Morgan fingerprint density at radius 3 is 2.91 bits per heavy atom. The topological polar surface area (TPSA) is 94.0 Å². The van der Waals surface area contributed by atoms with E-state index in [9.17, 15) is 4.79 Å². The zero-order valence-corrected chi connectivity index (χ0v) is 12.5.